The highest BCUT2D eigenvalue weighted by Crippen LogP contribution is 2.26. The quantitative estimate of drug-likeness (QED) is 0.804. The minimum absolute atomic E-state index is 0.0306. The molecule has 2 heterocycles. The number of carboxylic acid groups (broad SMARTS) is 1. The molecule has 0 saturated carbocycles. The van der Waals surface area contributed by atoms with Gasteiger partial charge in [0.15, 0.2) is 11.6 Å². The number of nitrogens with zero attached hydrogens (tertiary/aromatic N) is 4. The number of piperidine rings is 1. The molecule has 3 rings (SSSR count). The number of nitrogens with two attached hydrogens (primary N) is 1. The molecule has 1 aliphatic rings. The number of benzene rings is 1. The predicted octanol–water partition coefficient (Wildman–Crippen LogP) is 1.89. The van der Waals surface area contributed by atoms with E-state index in [4.69, 9.17) is 15.6 Å². The Bertz CT molecular complexity index is 944. The summed E-state index contributed by atoms with van der Waals surface area (Å²) >= 11 is 0. The summed E-state index contributed by atoms with van der Waals surface area (Å²) in [6, 6.07) is 5.63. The van der Waals surface area contributed by atoms with Crippen molar-refractivity contribution in [2.45, 2.75) is 25.5 Å². The van der Waals surface area contributed by atoms with E-state index in [0.29, 0.717) is 37.2 Å². The summed E-state index contributed by atoms with van der Waals surface area (Å²) in [6.07, 6.45) is 1.62. The topological polar surface area (TPSA) is 134 Å². The Morgan fingerprint density at radius 3 is 2.68 bits per heavy atom. The normalized spacial score (nSPS) is 14.5. The maximum atomic E-state index is 14.0. The lowest BCUT2D eigenvalue weighted by molar-refractivity contribution is 0.0999. The van der Waals surface area contributed by atoms with E-state index in [0.717, 1.165) is 6.07 Å². The van der Waals surface area contributed by atoms with Crippen molar-refractivity contribution < 1.29 is 23.8 Å². The van der Waals surface area contributed by atoms with Crippen LogP contribution in [0.5, 0.6) is 5.75 Å². The number of carbonyl (C=O) groups excluding carboxylic acids is 1. The first-order valence-corrected chi connectivity index (χ1v) is 8.57. The molecule has 1 saturated heterocycles. The van der Waals surface area contributed by atoms with Gasteiger partial charge in [-0.1, -0.05) is 0 Å². The van der Waals surface area contributed by atoms with Gasteiger partial charge in [-0.15, -0.1) is 0 Å². The Morgan fingerprint density at radius 1 is 1.39 bits per heavy atom. The third-order valence-corrected chi connectivity index (χ3v) is 4.66. The van der Waals surface area contributed by atoms with Crippen molar-refractivity contribution in [3.8, 4) is 11.8 Å². The minimum atomic E-state index is -0.960. The fourth-order valence-corrected chi connectivity index (χ4v) is 3.13. The Balaban J connectivity index is 1.70. The van der Waals surface area contributed by atoms with E-state index in [1.165, 1.54) is 23.2 Å². The van der Waals surface area contributed by atoms with Crippen LogP contribution in [0.2, 0.25) is 0 Å². The van der Waals surface area contributed by atoms with Gasteiger partial charge >= 0.3 is 6.09 Å². The molecule has 0 spiro atoms. The average molecular weight is 387 g/mol. The minimum Gasteiger partial charge on any atom is -0.486 e. The van der Waals surface area contributed by atoms with Crippen LogP contribution in [0.3, 0.4) is 0 Å². The first-order valence-electron chi connectivity index (χ1n) is 8.57. The Hall–Kier alpha value is -3.61. The number of amides is 2. The summed E-state index contributed by atoms with van der Waals surface area (Å²) in [7, 11) is 0. The molecular weight excluding hydrogens is 369 g/mol. The summed E-state index contributed by atoms with van der Waals surface area (Å²) in [5.41, 5.74) is 5.92. The zero-order chi connectivity index (χ0) is 20.3. The highest BCUT2D eigenvalue weighted by molar-refractivity contribution is 5.92. The third-order valence-electron chi connectivity index (χ3n) is 4.66. The van der Waals surface area contributed by atoms with Gasteiger partial charge in [0, 0.05) is 24.2 Å². The van der Waals surface area contributed by atoms with Gasteiger partial charge in [-0.3, -0.25) is 9.48 Å². The van der Waals surface area contributed by atoms with Crippen molar-refractivity contribution in [3.63, 3.8) is 0 Å². The molecule has 3 N–H and O–H groups in total. The SMILES string of the molecule is N#Cc1c(COc2ccc(C(N)=O)cc2F)cnn1C1CCN(C(=O)O)CC1. The summed E-state index contributed by atoms with van der Waals surface area (Å²) in [6.45, 7) is 0.658. The molecule has 146 valence electrons. The van der Waals surface area contributed by atoms with E-state index >= 15 is 0 Å². The van der Waals surface area contributed by atoms with Crippen LogP contribution in [0.15, 0.2) is 24.4 Å². The number of ether oxygens (including phenoxy) is 1. The van der Waals surface area contributed by atoms with Crippen molar-refractivity contribution in [2.24, 2.45) is 5.73 Å². The Morgan fingerprint density at radius 2 is 2.11 bits per heavy atom. The zero-order valence-electron chi connectivity index (χ0n) is 14.8. The number of hydrogen-bond donors (Lipinski definition) is 2. The maximum absolute atomic E-state index is 14.0. The fourth-order valence-electron chi connectivity index (χ4n) is 3.13. The van der Waals surface area contributed by atoms with Crippen molar-refractivity contribution in [2.75, 3.05) is 13.1 Å². The average Bonchev–Trinajstić information content (AvgIpc) is 3.09. The predicted molar refractivity (Wildman–Crippen MR) is 94.1 cm³/mol. The van der Waals surface area contributed by atoms with E-state index in [9.17, 15) is 19.2 Å². The molecule has 2 amide bonds. The molecule has 0 atom stereocenters. The number of aromatic nitrogens is 2. The molecule has 28 heavy (non-hydrogen) atoms. The van der Waals surface area contributed by atoms with Crippen LogP contribution < -0.4 is 10.5 Å². The van der Waals surface area contributed by atoms with Crippen LogP contribution in [0.4, 0.5) is 9.18 Å². The molecule has 1 aromatic heterocycles. The van der Waals surface area contributed by atoms with E-state index in [1.807, 2.05) is 0 Å². The second kappa shape index (κ2) is 7.96. The van der Waals surface area contributed by atoms with Crippen molar-refractivity contribution in [3.05, 3.63) is 47.0 Å². The first kappa shape index (κ1) is 19.2. The van der Waals surface area contributed by atoms with Crippen LogP contribution >= 0.6 is 0 Å². The van der Waals surface area contributed by atoms with Crippen LogP contribution in [0.25, 0.3) is 0 Å². The second-order valence-corrected chi connectivity index (χ2v) is 6.37. The maximum Gasteiger partial charge on any atom is 0.407 e. The number of halogens is 1. The van der Waals surface area contributed by atoms with Gasteiger partial charge < -0.3 is 20.5 Å². The molecule has 0 aliphatic carbocycles. The van der Waals surface area contributed by atoms with Gasteiger partial charge in [-0.25, -0.2) is 9.18 Å². The van der Waals surface area contributed by atoms with E-state index in [1.54, 1.807) is 4.68 Å². The summed E-state index contributed by atoms with van der Waals surface area (Å²) < 4.78 is 21.0. The molecule has 1 aliphatic heterocycles. The lowest BCUT2D eigenvalue weighted by Gasteiger charge is -2.30. The zero-order valence-corrected chi connectivity index (χ0v) is 14.8. The fraction of sp³-hybridized carbons (Fsp3) is 0.333. The molecule has 9 nitrogen and oxygen atoms in total. The van der Waals surface area contributed by atoms with Gasteiger partial charge in [0.25, 0.3) is 0 Å². The van der Waals surface area contributed by atoms with Crippen LogP contribution in [0, 0.1) is 17.1 Å². The number of likely N-dealkylation sites (tertiary alicyclic amines) is 1. The number of hydrogen-bond acceptors (Lipinski definition) is 5. The number of nitriles is 1. The molecule has 0 bridgehead atoms. The van der Waals surface area contributed by atoms with Crippen LogP contribution in [-0.4, -0.2) is 44.9 Å². The van der Waals surface area contributed by atoms with Crippen molar-refractivity contribution in [1.82, 2.24) is 14.7 Å². The van der Waals surface area contributed by atoms with Gasteiger partial charge in [-0.05, 0) is 31.0 Å². The number of rotatable bonds is 5. The van der Waals surface area contributed by atoms with Crippen molar-refractivity contribution >= 4 is 12.0 Å². The highest BCUT2D eigenvalue weighted by Gasteiger charge is 2.26. The van der Waals surface area contributed by atoms with E-state index < -0.39 is 17.8 Å². The molecular formula is C18H18FN5O4. The number of carbonyl (C=O) groups is 2. The van der Waals surface area contributed by atoms with Crippen molar-refractivity contribution in [1.29, 1.82) is 5.26 Å². The third kappa shape index (κ3) is 3.88. The molecule has 1 fully saturated rings. The molecule has 0 radical (unpaired) electrons. The van der Waals surface area contributed by atoms with Gasteiger partial charge in [0.05, 0.1) is 12.2 Å². The van der Waals surface area contributed by atoms with Gasteiger partial charge in [0.2, 0.25) is 5.91 Å². The molecule has 2 aromatic rings. The Labute approximate surface area is 159 Å². The standard InChI is InChI=1S/C18H18FN5O4/c19-14-7-11(17(21)25)1-2-16(14)28-10-12-9-22-24(15(12)8-20)13-3-5-23(6-4-13)18(26)27/h1-2,7,9,13H,3-6,10H2,(H2,21,25)(H,26,27). The van der Waals surface area contributed by atoms with Crippen LogP contribution in [-0.2, 0) is 6.61 Å². The summed E-state index contributed by atoms with van der Waals surface area (Å²) in [5, 5.41) is 22.8. The van der Waals surface area contributed by atoms with Gasteiger partial charge in [0.1, 0.15) is 18.4 Å². The summed E-state index contributed by atoms with van der Waals surface area (Å²) in [4.78, 5) is 23.4. The Kier molecular flexibility index (Phi) is 5.44. The molecule has 0 unspecified atom stereocenters. The lowest BCUT2D eigenvalue weighted by Crippen LogP contribution is -2.38. The van der Waals surface area contributed by atoms with E-state index in [-0.39, 0.29) is 24.0 Å². The first-order chi connectivity index (χ1) is 13.4. The largest absolute Gasteiger partial charge is 0.486 e. The highest BCUT2D eigenvalue weighted by atomic mass is 19.1. The summed E-state index contributed by atoms with van der Waals surface area (Å²) in [5.74, 6) is -1.55. The van der Waals surface area contributed by atoms with Crippen LogP contribution in [0.1, 0.15) is 40.5 Å². The number of primary amides is 1. The van der Waals surface area contributed by atoms with Gasteiger partial charge in [-0.2, -0.15) is 10.4 Å². The van der Waals surface area contributed by atoms with E-state index in [2.05, 4.69) is 11.2 Å². The molecule has 10 heteroatoms. The monoisotopic (exact) mass is 387 g/mol. The lowest BCUT2D eigenvalue weighted by atomic mass is 10.1. The second-order valence-electron chi connectivity index (χ2n) is 6.37. The molecule has 1 aromatic carbocycles. The smallest absolute Gasteiger partial charge is 0.407 e.